The molecule has 0 aliphatic carbocycles. The van der Waals surface area contributed by atoms with Crippen LogP contribution < -0.4 is 20.9 Å². The van der Waals surface area contributed by atoms with Crippen LogP contribution in [0.15, 0.2) is 42.5 Å². The number of rotatable bonds is 8. The van der Waals surface area contributed by atoms with Gasteiger partial charge in [-0.3, -0.25) is 0 Å². The van der Waals surface area contributed by atoms with E-state index in [1.165, 1.54) is 0 Å². The van der Waals surface area contributed by atoms with Gasteiger partial charge in [0.2, 0.25) is 0 Å². The minimum absolute atomic E-state index is 0.198. The lowest BCUT2D eigenvalue weighted by atomic mass is 9.97. The summed E-state index contributed by atoms with van der Waals surface area (Å²) in [7, 11) is 0. The van der Waals surface area contributed by atoms with E-state index >= 15 is 0 Å². The van der Waals surface area contributed by atoms with E-state index < -0.39 is 6.10 Å². The van der Waals surface area contributed by atoms with Crippen LogP contribution in [0.3, 0.4) is 0 Å². The Morgan fingerprint density at radius 2 is 1.75 bits per heavy atom. The van der Waals surface area contributed by atoms with Gasteiger partial charge in [-0.1, -0.05) is 24.3 Å². The predicted molar refractivity (Wildman–Crippen MR) is 113 cm³/mol. The highest BCUT2D eigenvalue weighted by Gasteiger charge is 2.22. The van der Waals surface area contributed by atoms with Gasteiger partial charge in [0.25, 0.3) is 0 Å². The third-order valence-corrected chi connectivity index (χ3v) is 5.30. The molecule has 2 aromatic carbocycles. The predicted octanol–water partition coefficient (Wildman–Crippen LogP) is 2.69. The van der Waals surface area contributed by atoms with Gasteiger partial charge in [-0.05, 0) is 62.5 Å². The Kier molecular flexibility index (Phi) is 7.01. The van der Waals surface area contributed by atoms with E-state index in [9.17, 15) is 5.11 Å². The van der Waals surface area contributed by atoms with Crippen LogP contribution in [-0.4, -0.2) is 49.0 Å². The number of hydrogen-bond donors (Lipinski definition) is 3. The topological polar surface area (TPSA) is 94.0 Å². The van der Waals surface area contributed by atoms with E-state index in [2.05, 4.69) is 4.90 Å². The minimum Gasteiger partial charge on any atom is -0.493 e. The molecule has 1 saturated heterocycles. The number of piperidine rings is 1. The zero-order chi connectivity index (χ0) is 19.9. The van der Waals surface area contributed by atoms with E-state index in [4.69, 9.17) is 20.9 Å². The number of nitrogens with two attached hydrogens (primary N) is 2. The van der Waals surface area contributed by atoms with Crippen molar-refractivity contribution in [2.24, 2.45) is 5.92 Å². The second-order valence-corrected chi connectivity index (χ2v) is 7.54. The quantitative estimate of drug-likeness (QED) is 0.605. The number of nitrogen functional groups attached to an aromatic ring is 2. The number of aliphatic hydroxyl groups is 1. The maximum absolute atomic E-state index is 10.3. The molecule has 0 radical (unpaired) electrons. The number of para-hydroxylation sites is 1. The summed E-state index contributed by atoms with van der Waals surface area (Å²) in [4.78, 5) is 2.28. The largest absolute Gasteiger partial charge is 0.493 e. The fourth-order valence-corrected chi connectivity index (χ4v) is 3.45. The molecule has 0 bridgehead atoms. The van der Waals surface area contributed by atoms with E-state index in [1.54, 1.807) is 6.07 Å². The van der Waals surface area contributed by atoms with Crippen LogP contribution in [0.4, 0.5) is 11.4 Å². The first-order valence-corrected chi connectivity index (χ1v) is 9.88. The average Bonchev–Trinajstić information content (AvgIpc) is 2.72. The molecule has 6 nitrogen and oxygen atoms in total. The van der Waals surface area contributed by atoms with Crippen LogP contribution in [0.5, 0.6) is 11.5 Å². The molecule has 5 N–H and O–H groups in total. The molecule has 2 aromatic rings. The summed E-state index contributed by atoms with van der Waals surface area (Å²) in [6.07, 6.45) is 1.57. The summed E-state index contributed by atoms with van der Waals surface area (Å²) < 4.78 is 11.6. The summed E-state index contributed by atoms with van der Waals surface area (Å²) in [6, 6.07) is 13.6. The highest BCUT2D eigenvalue weighted by molar-refractivity contribution is 5.73. The van der Waals surface area contributed by atoms with Crippen molar-refractivity contribution >= 4 is 11.4 Å². The van der Waals surface area contributed by atoms with E-state index in [-0.39, 0.29) is 6.61 Å². The standard InChI is InChI=1S/C22H31N3O3/c1-16-7-8-20(22(24)21(16)23)28-15-18(26)13-25-11-9-17(10-12-25)14-27-19-5-3-2-4-6-19/h2-8,17-18,26H,9-15,23-24H2,1H3. The Labute approximate surface area is 167 Å². The van der Waals surface area contributed by atoms with Crippen molar-refractivity contribution in [3.05, 3.63) is 48.0 Å². The molecule has 28 heavy (non-hydrogen) atoms. The first kappa shape index (κ1) is 20.3. The fourth-order valence-electron chi connectivity index (χ4n) is 3.45. The van der Waals surface area contributed by atoms with Crippen LogP contribution in [0.2, 0.25) is 0 Å². The molecule has 1 unspecified atom stereocenters. The number of likely N-dealkylation sites (tertiary alicyclic amines) is 1. The van der Waals surface area contributed by atoms with Crippen LogP contribution >= 0.6 is 0 Å². The summed E-state index contributed by atoms with van der Waals surface area (Å²) >= 11 is 0. The Morgan fingerprint density at radius 3 is 2.46 bits per heavy atom. The second kappa shape index (κ2) is 9.66. The zero-order valence-corrected chi connectivity index (χ0v) is 16.5. The molecule has 1 aliphatic heterocycles. The number of ether oxygens (including phenoxy) is 2. The molecule has 1 heterocycles. The first-order chi connectivity index (χ1) is 13.5. The summed E-state index contributed by atoms with van der Waals surface area (Å²) in [5.74, 6) is 2.01. The van der Waals surface area contributed by atoms with Crippen LogP contribution in [-0.2, 0) is 0 Å². The van der Waals surface area contributed by atoms with Crippen molar-refractivity contribution < 1.29 is 14.6 Å². The maximum atomic E-state index is 10.3. The van der Waals surface area contributed by atoms with Crippen LogP contribution in [0.1, 0.15) is 18.4 Å². The fraction of sp³-hybridized carbons (Fsp3) is 0.455. The summed E-state index contributed by atoms with van der Waals surface area (Å²) in [5.41, 5.74) is 13.8. The van der Waals surface area contributed by atoms with Gasteiger partial charge in [0.05, 0.1) is 18.0 Å². The van der Waals surface area contributed by atoms with Crippen molar-refractivity contribution in [1.29, 1.82) is 0 Å². The molecule has 1 aliphatic rings. The van der Waals surface area contributed by atoms with Gasteiger partial charge < -0.3 is 30.9 Å². The summed E-state index contributed by atoms with van der Waals surface area (Å²) in [5, 5.41) is 10.3. The van der Waals surface area contributed by atoms with Crippen molar-refractivity contribution in [2.45, 2.75) is 25.9 Å². The van der Waals surface area contributed by atoms with Gasteiger partial charge >= 0.3 is 0 Å². The van der Waals surface area contributed by atoms with Gasteiger partial charge in [0, 0.05) is 6.54 Å². The third kappa shape index (κ3) is 5.53. The maximum Gasteiger partial charge on any atom is 0.144 e. The number of nitrogens with zero attached hydrogens (tertiary/aromatic N) is 1. The number of aryl methyl sites for hydroxylation is 1. The van der Waals surface area contributed by atoms with E-state index in [0.29, 0.717) is 29.6 Å². The zero-order valence-electron chi connectivity index (χ0n) is 16.5. The first-order valence-electron chi connectivity index (χ1n) is 9.88. The molecule has 0 spiro atoms. The number of anilines is 2. The van der Waals surface area contributed by atoms with Gasteiger partial charge in [0.1, 0.15) is 24.2 Å². The number of benzene rings is 2. The summed E-state index contributed by atoms with van der Waals surface area (Å²) in [6.45, 7) is 5.35. The van der Waals surface area contributed by atoms with E-state index in [1.807, 2.05) is 43.3 Å². The Morgan fingerprint density at radius 1 is 1.04 bits per heavy atom. The molecular weight excluding hydrogens is 354 g/mol. The number of aliphatic hydroxyl groups excluding tert-OH is 1. The molecule has 0 saturated carbocycles. The monoisotopic (exact) mass is 385 g/mol. The molecule has 1 fully saturated rings. The number of hydrogen-bond acceptors (Lipinski definition) is 6. The smallest absolute Gasteiger partial charge is 0.144 e. The van der Waals surface area contributed by atoms with Crippen molar-refractivity contribution in [3.8, 4) is 11.5 Å². The molecule has 1 atom stereocenters. The van der Waals surface area contributed by atoms with E-state index in [0.717, 1.165) is 43.9 Å². The Hall–Kier alpha value is -2.44. The molecule has 152 valence electrons. The van der Waals surface area contributed by atoms with Gasteiger partial charge in [-0.2, -0.15) is 0 Å². The normalized spacial score (nSPS) is 16.6. The van der Waals surface area contributed by atoms with Crippen molar-refractivity contribution in [3.63, 3.8) is 0 Å². The van der Waals surface area contributed by atoms with Crippen LogP contribution in [0.25, 0.3) is 0 Å². The molecule has 0 amide bonds. The SMILES string of the molecule is Cc1ccc(OCC(O)CN2CCC(COc3ccccc3)CC2)c(N)c1N. The lowest BCUT2D eigenvalue weighted by molar-refractivity contribution is 0.0505. The van der Waals surface area contributed by atoms with Crippen molar-refractivity contribution in [2.75, 3.05) is 44.3 Å². The lowest BCUT2D eigenvalue weighted by Crippen LogP contribution is -2.41. The third-order valence-electron chi connectivity index (χ3n) is 5.30. The van der Waals surface area contributed by atoms with Gasteiger partial charge in [0.15, 0.2) is 0 Å². The van der Waals surface area contributed by atoms with Crippen molar-refractivity contribution in [1.82, 2.24) is 4.90 Å². The minimum atomic E-state index is -0.570. The van der Waals surface area contributed by atoms with Gasteiger partial charge in [-0.25, -0.2) is 0 Å². The lowest BCUT2D eigenvalue weighted by Gasteiger charge is -2.33. The highest BCUT2D eigenvalue weighted by atomic mass is 16.5. The molecular formula is C22H31N3O3. The Balaban J connectivity index is 1.37. The molecule has 3 rings (SSSR count). The van der Waals surface area contributed by atoms with Crippen LogP contribution in [0, 0.1) is 12.8 Å². The Bertz CT molecular complexity index is 746. The molecule has 6 heteroatoms. The highest BCUT2D eigenvalue weighted by Crippen LogP contribution is 2.30. The average molecular weight is 386 g/mol. The molecule has 0 aromatic heterocycles. The van der Waals surface area contributed by atoms with Gasteiger partial charge in [-0.15, -0.1) is 0 Å². The number of β-amino-alcohol motifs (C(OH)–C–C–N with tert-alkyl or cyclic N) is 1. The second-order valence-electron chi connectivity index (χ2n) is 7.54.